The van der Waals surface area contributed by atoms with E-state index < -0.39 is 0 Å². The topological polar surface area (TPSA) is 12.4 Å². The third-order valence-electron chi connectivity index (χ3n) is 3.68. The molecular weight excluding hydrogens is 182 g/mol. The van der Waals surface area contributed by atoms with Crippen molar-refractivity contribution in [2.75, 3.05) is 0 Å². The van der Waals surface area contributed by atoms with Crippen molar-refractivity contribution >= 4 is 6.21 Å². The van der Waals surface area contributed by atoms with Gasteiger partial charge in [0.2, 0.25) is 0 Å². The van der Waals surface area contributed by atoms with Gasteiger partial charge in [-0.15, -0.1) is 0 Å². The second-order valence-electron chi connectivity index (χ2n) is 5.80. The first kappa shape index (κ1) is 12.7. The smallest absolute Gasteiger partial charge is 0.0551 e. The van der Waals surface area contributed by atoms with Crippen molar-refractivity contribution in [3.8, 4) is 0 Å². The van der Waals surface area contributed by atoms with E-state index in [1.165, 1.54) is 38.5 Å². The maximum atomic E-state index is 4.57. The summed E-state index contributed by atoms with van der Waals surface area (Å²) in [5, 5.41) is 0. The van der Waals surface area contributed by atoms with E-state index in [-0.39, 0.29) is 5.54 Å². The third kappa shape index (κ3) is 4.36. The fourth-order valence-corrected chi connectivity index (χ4v) is 2.60. The molecule has 1 aliphatic heterocycles. The summed E-state index contributed by atoms with van der Waals surface area (Å²) in [5.41, 5.74) is 0.196. The molecule has 88 valence electrons. The fraction of sp³-hybridized carbons (Fsp3) is 0.929. The maximum absolute atomic E-state index is 4.57. The SMILES string of the molecule is CCCCCC(C)C1CC=NC(C)(C)C1. The first-order valence-electron chi connectivity index (χ1n) is 6.59. The molecule has 0 aliphatic carbocycles. The van der Waals surface area contributed by atoms with Crippen LogP contribution in [0.3, 0.4) is 0 Å². The quantitative estimate of drug-likeness (QED) is 0.593. The summed E-state index contributed by atoms with van der Waals surface area (Å²) >= 11 is 0. The molecule has 0 spiro atoms. The molecule has 0 saturated carbocycles. The van der Waals surface area contributed by atoms with E-state index >= 15 is 0 Å². The zero-order valence-corrected chi connectivity index (χ0v) is 10.9. The van der Waals surface area contributed by atoms with Crippen molar-refractivity contribution in [1.82, 2.24) is 0 Å². The van der Waals surface area contributed by atoms with Crippen LogP contribution in [0.2, 0.25) is 0 Å². The highest BCUT2D eigenvalue weighted by Gasteiger charge is 2.28. The lowest BCUT2D eigenvalue weighted by molar-refractivity contribution is 0.256. The van der Waals surface area contributed by atoms with Crippen LogP contribution in [-0.2, 0) is 0 Å². The molecule has 0 bridgehead atoms. The van der Waals surface area contributed by atoms with Crippen LogP contribution in [0.1, 0.15) is 66.2 Å². The summed E-state index contributed by atoms with van der Waals surface area (Å²) in [6.07, 6.45) is 10.2. The molecule has 1 aliphatic rings. The standard InChI is InChI=1S/C14H27N/c1-5-6-7-8-12(2)13-9-10-15-14(3,4)11-13/h10,12-13H,5-9,11H2,1-4H3. The molecule has 1 heteroatoms. The highest BCUT2D eigenvalue weighted by molar-refractivity contribution is 5.59. The van der Waals surface area contributed by atoms with Gasteiger partial charge in [0.25, 0.3) is 0 Å². The van der Waals surface area contributed by atoms with Crippen molar-refractivity contribution in [3.63, 3.8) is 0 Å². The average molecular weight is 209 g/mol. The Balaban J connectivity index is 2.34. The van der Waals surface area contributed by atoms with Gasteiger partial charge in [0.05, 0.1) is 5.54 Å². The van der Waals surface area contributed by atoms with E-state index in [1.807, 2.05) is 0 Å². The molecule has 0 radical (unpaired) electrons. The molecule has 0 fully saturated rings. The van der Waals surface area contributed by atoms with E-state index in [0.29, 0.717) is 0 Å². The average Bonchev–Trinajstić information content (AvgIpc) is 2.16. The van der Waals surface area contributed by atoms with Gasteiger partial charge in [-0.25, -0.2) is 0 Å². The van der Waals surface area contributed by atoms with E-state index in [0.717, 1.165) is 11.8 Å². The van der Waals surface area contributed by atoms with Gasteiger partial charge in [0.15, 0.2) is 0 Å². The van der Waals surface area contributed by atoms with Gasteiger partial charge in [-0.1, -0.05) is 39.5 Å². The van der Waals surface area contributed by atoms with E-state index in [1.54, 1.807) is 0 Å². The van der Waals surface area contributed by atoms with Gasteiger partial charge in [0, 0.05) is 0 Å². The minimum atomic E-state index is 0.196. The van der Waals surface area contributed by atoms with Crippen molar-refractivity contribution in [3.05, 3.63) is 0 Å². The lowest BCUT2D eigenvalue weighted by Gasteiger charge is -2.33. The van der Waals surface area contributed by atoms with E-state index in [2.05, 4.69) is 38.9 Å². The van der Waals surface area contributed by atoms with Crippen molar-refractivity contribution in [2.45, 2.75) is 71.8 Å². The van der Waals surface area contributed by atoms with Crippen molar-refractivity contribution < 1.29 is 0 Å². The lowest BCUT2D eigenvalue weighted by Crippen LogP contribution is -2.29. The monoisotopic (exact) mass is 209 g/mol. The first-order valence-corrected chi connectivity index (χ1v) is 6.59. The summed E-state index contributed by atoms with van der Waals surface area (Å²) in [5.74, 6) is 1.75. The summed E-state index contributed by atoms with van der Waals surface area (Å²) < 4.78 is 0. The predicted octanol–water partition coefficient (Wildman–Crippen LogP) is 4.46. The van der Waals surface area contributed by atoms with Crippen LogP contribution in [0.25, 0.3) is 0 Å². The molecule has 1 nitrogen and oxygen atoms in total. The van der Waals surface area contributed by atoms with Gasteiger partial charge in [0.1, 0.15) is 0 Å². The second kappa shape index (κ2) is 5.67. The Bertz CT molecular complexity index is 205. The first-order chi connectivity index (χ1) is 7.05. The minimum Gasteiger partial charge on any atom is -0.291 e. The van der Waals surface area contributed by atoms with E-state index in [4.69, 9.17) is 0 Å². The number of hydrogen-bond acceptors (Lipinski definition) is 1. The number of hydrogen-bond donors (Lipinski definition) is 0. The van der Waals surface area contributed by atoms with Crippen LogP contribution >= 0.6 is 0 Å². The summed E-state index contributed by atoms with van der Waals surface area (Å²) in [7, 11) is 0. The highest BCUT2D eigenvalue weighted by Crippen LogP contribution is 2.33. The Morgan fingerprint density at radius 1 is 1.40 bits per heavy atom. The number of nitrogens with zero attached hydrogens (tertiary/aromatic N) is 1. The van der Waals surface area contributed by atoms with Gasteiger partial charge in [-0.05, 0) is 44.7 Å². The third-order valence-corrected chi connectivity index (χ3v) is 3.68. The Morgan fingerprint density at radius 3 is 2.73 bits per heavy atom. The molecule has 0 aromatic rings. The van der Waals surface area contributed by atoms with Gasteiger partial charge < -0.3 is 0 Å². The normalized spacial score (nSPS) is 26.5. The summed E-state index contributed by atoms with van der Waals surface area (Å²) in [4.78, 5) is 4.57. The Kier molecular flexibility index (Phi) is 4.82. The largest absolute Gasteiger partial charge is 0.291 e. The van der Waals surface area contributed by atoms with Crippen LogP contribution < -0.4 is 0 Å². The molecule has 15 heavy (non-hydrogen) atoms. The van der Waals surface area contributed by atoms with Gasteiger partial charge in [-0.3, -0.25) is 4.99 Å². The maximum Gasteiger partial charge on any atom is 0.0551 e. The molecule has 2 atom stereocenters. The second-order valence-corrected chi connectivity index (χ2v) is 5.80. The van der Waals surface area contributed by atoms with Gasteiger partial charge in [-0.2, -0.15) is 0 Å². The lowest BCUT2D eigenvalue weighted by atomic mass is 9.77. The molecule has 0 saturated heterocycles. The van der Waals surface area contributed by atoms with Crippen LogP contribution in [0.4, 0.5) is 0 Å². The number of unbranched alkanes of at least 4 members (excludes halogenated alkanes) is 2. The summed E-state index contributed by atoms with van der Waals surface area (Å²) in [6, 6.07) is 0. The Morgan fingerprint density at radius 2 is 2.13 bits per heavy atom. The highest BCUT2D eigenvalue weighted by atomic mass is 14.8. The van der Waals surface area contributed by atoms with Crippen molar-refractivity contribution in [1.29, 1.82) is 0 Å². The zero-order valence-electron chi connectivity index (χ0n) is 10.9. The Labute approximate surface area is 95.4 Å². The molecule has 0 amide bonds. The molecule has 0 aromatic heterocycles. The van der Waals surface area contributed by atoms with E-state index in [9.17, 15) is 0 Å². The molecule has 0 aromatic carbocycles. The van der Waals surface area contributed by atoms with Crippen LogP contribution in [0.5, 0.6) is 0 Å². The molecule has 2 unspecified atom stereocenters. The minimum absolute atomic E-state index is 0.196. The van der Waals surface area contributed by atoms with Gasteiger partial charge >= 0.3 is 0 Å². The number of rotatable bonds is 5. The fourth-order valence-electron chi connectivity index (χ4n) is 2.60. The Hall–Kier alpha value is -0.330. The molecule has 1 heterocycles. The molecular formula is C14H27N. The summed E-state index contributed by atoms with van der Waals surface area (Å²) in [6.45, 7) is 9.22. The van der Waals surface area contributed by atoms with Crippen LogP contribution in [0, 0.1) is 11.8 Å². The number of aliphatic imine (C=N–C) groups is 1. The van der Waals surface area contributed by atoms with Crippen LogP contribution in [0.15, 0.2) is 4.99 Å². The van der Waals surface area contributed by atoms with Crippen LogP contribution in [-0.4, -0.2) is 11.8 Å². The zero-order chi connectivity index (χ0) is 11.3. The predicted molar refractivity (Wildman–Crippen MR) is 68.6 cm³/mol. The molecule has 0 N–H and O–H groups in total. The van der Waals surface area contributed by atoms with Crippen molar-refractivity contribution in [2.24, 2.45) is 16.8 Å². The molecule has 1 rings (SSSR count).